The molecule has 0 fully saturated rings. The number of hydrogen-bond acceptors (Lipinski definition) is 4. The average molecular weight is 223 g/mol. The van der Waals surface area contributed by atoms with Gasteiger partial charge in [0.1, 0.15) is 0 Å². The first-order valence-electron chi connectivity index (χ1n) is 5.55. The lowest BCUT2D eigenvalue weighted by atomic mass is 10.0. The van der Waals surface area contributed by atoms with Gasteiger partial charge in [0, 0.05) is 11.7 Å². The third-order valence-corrected chi connectivity index (χ3v) is 2.43. The molecular formula is C12H21N3O. The first-order chi connectivity index (χ1) is 7.52. The van der Waals surface area contributed by atoms with Crippen LogP contribution in [0.1, 0.15) is 20.3 Å². The topological polar surface area (TPSA) is 84.3 Å². The number of anilines is 3. The lowest BCUT2D eigenvalue weighted by Gasteiger charge is -2.19. The third-order valence-electron chi connectivity index (χ3n) is 2.43. The second kappa shape index (κ2) is 5.61. The number of nitrogens with two attached hydrogens (primary N) is 2. The molecule has 1 unspecified atom stereocenters. The second-order valence-electron chi connectivity index (χ2n) is 4.50. The molecule has 0 aromatic heterocycles. The number of benzene rings is 1. The molecule has 4 heteroatoms. The van der Waals surface area contributed by atoms with Gasteiger partial charge in [-0.3, -0.25) is 0 Å². The molecule has 90 valence electrons. The number of aliphatic hydroxyl groups excluding tert-OH is 1. The van der Waals surface area contributed by atoms with Crippen molar-refractivity contribution >= 4 is 17.1 Å². The zero-order valence-electron chi connectivity index (χ0n) is 9.90. The summed E-state index contributed by atoms with van der Waals surface area (Å²) in [4.78, 5) is 0. The van der Waals surface area contributed by atoms with Crippen LogP contribution in [0.5, 0.6) is 0 Å². The van der Waals surface area contributed by atoms with Crippen LogP contribution in [0.2, 0.25) is 0 Å². The molecule has 0 aliphatic carbocycles. The first kappa shape index (κ1) is 12.6. The predicted octanol–water partition coefficient (Wildman–Crippen LogP) is 1.67. The molecule has 0 aliphatic rings. The lowest BCUT2D eigenvalue weighted by molar-refractivity contribution is 0.259. The number of aliphatic hydroxyl groups is 1. The van der Waals surface area contributed by atoms with Crippen molar-refractivity contribution in [3.63, 3.8) is 0 Å². The van der Waals surface area contributed by atoms with E-state index < -0.39 is 0 Å². The van der Waals surface area contributed by atoms with Gasteiger partial charge in [-0.05, 0) is 30.5 Å². The fourth-order valence-corrected chi connectivity index (χ4v) is 1.65. The van der Waals surface area contributed by atoms with E-state index in [1.807, 2.05) is 6.07 Å². The van der Waals surface area contributed by atoms with Crippen molar-refractivity contribution in [3.05, 3.63) is 18.2 Å². The molecule has 0 spiro atoms. The Hall–Kier alpha value is -1.42. The summed E-state index contributed by atoms with van der Waals surface area (Å²) >= 11 is 0. The number of rotatable bonds is 5. The van der Waals surface area contributed by atoms with Crippen LogP contribution in [-0.4, -0.2) is 17.8 Å². The molecule has 1 aromatic carbocycles. The van der Waals surface area contributed by atoms with Crippen LogP contribution in [0, 0.1) is 5.92 Å². The molecule has 0 bridgehead atoms. The summed E-state index contributed by atoms with van der Waals surface area (Å²) < 4.78 is 0. The Morgan fingerprint density at radius 2 is 1.94 bits per heavy atom. The van der Waals surface area contributed by atoms with E-state index in [0.717, 1.165) is 12.1 Å². The van der Waals surface area contributed by atoms with Crippen molar-refractivity contribution in [2.45, 2.75) is 26.3 Å². The summed E-state index contributed by atoms with van der Waals surface area (Å²) in [5.74, 6) is 0.538. The number of nitrogens with one attached hydrogen (secondary N) is 1. The van der Waals surface area contributed by atoms with Crippen LogP contribution in [0.15, 0.2) is 18.2 Å². The number of hydrogen-bond donors (Lipinski definition) is 4. The van der Waals surface area contributed by atoms with Gasteiger partial charge in [0.25, 0.3) is 0 Å². The second-order valence-corrected chi connectivity index (χ2v) is 4.50. The highest BCUT2D eigenvalue weighted by molar-refractivity contribution is 5.69. The molecule has 0 amide bonds. The van der Waals surface area contributed by atoms with Crippen molar-refractivity contribution in [2.24, 2.45) is 5.92 Å². The van der Waals surface area contributed by atoms with Gasteiger partial charge in [-0.15, -0.1) is 0 Å². The van der Waals surface area contributed by atoms with E-state index in [4.69, 9.17) is 11.5 Å². The maximum atomic E-state index is 9.24. The van der Waals surface area contributed by atoms with E-state index in [0.29, 0.717) is 17.3 Å². The standard InChI is InChI=1S/C12H21N3O/c1-8(2)5-10(7-16)15-9-3-4-11(13)12(14)6-9/h3-4,6,8,10,15-16H,5,7,13-14H2,1-2H3. The molecule has 0 saturated heterocycles. The third kappa shape index (κ3) is 3.62. The van der Waals surface area contributed by atoms with Gasteiger partial charge in [-0.25, -0.2) is 0 Å². The van der Waals surface area contributed by atoms with Crippen molar-refractivity contribution in [1.82, 2.24) is 0 Å². The molecule has 1 rings (SSSR count). The normalized spacial score (nSPS) is 12.8. The number of nitrogen functional groups attached to an aromatic ring is 2. The van der Waals surface area contributed by atoms with Gasteiger partial charge < -0.3 is 21.9 Å². The Kier molecular flexibility index (Phi) is 4.43. The molecule has 6 N–H and O–H groups in total. The first-order valence-corrected chi connectivity index (χ1v) is 5.55. The Morgan fingerprint density at radius 1 is 1.25 bits per heavy atom. The quantitative estimate of drug-likeness (QED) is 0.572. The molecular weight excluding hydrogens is 202 g/mol. The fourth-order valence-electron chi connectivity index (χ4n) is 1.65. The van der Waals surface area contributed by atoms with E-state index in [-0.39, 0.29) is 12.6 Å². The highest BCUT2D eigenvalue weighted by atomic mass is 16.3. The molecule has 0 heterocycles. The monoisotopic (exact) mass is 223 g/mol. The smallest absolute Gasteiger partial charge is 0.0632 e. The van der Waals surface area contributed by atoms with E-state index >= 15 is 0 Å². The molecule has 4 nitrogen and oxygen atoms in total. The largest absolute Gasteiger partial charge is 0.397 e. The zero-order valence-corrected chi connectivity index (χ0v) is 9.90. The molecule has 1 atom stereocenters. The van der Waals surface area contributed by atoms with Gasteiger partial charge in [-0.1, -0.05) is 13.8 Å². The fraction of sp³-hybridized carbons (Fsp3) is 0.500. The minimum atomic E-state index is 0.0584. The van der Waals surface area contributed by atoms with Crippen molar-refractivity contribution in [3.8, 4) is 0 Å². The Bertz CT molecular complexity index is 339. The molecule has 0 saturated carbocycles. The SMILES string of the molecule is CC(C)CC(CO)Nc1ccc(N)c(N)c1. The predicted molar refractivity (Wildman–Crippen MR) is 69.2 cm³/mol. The van der Waals surface area contributed by atoms with Crippen LogP contribution < -0.4 is 16.8 Å². The summed E-state index contributed by atoms with van der Waals surface area (Å²) in [6.07, 6.45) is 0.917. The Labute approximate surface area is 96.6 Å². The summed E-state index contributed by atoms with van der Waals surface area (Å²) in [5.41, 5.74) is 13.4. The zero-order chi connectivity index (χ0) is 12.1. The van der Waals surface area contributed by atoms with Crippen LogP contribution in [0.25, 0.3) is 0 Å². The van der Waals surface area contributed by atoms with Crippen LogP contribution in [0.4, 0.5) is 17.1 Å². The van der Waals surface area contributed by atoms with Crippen LogP contribution >= 0.6 is 0 Å². The van der Waals surface area contributed by atoms with Crippen LogP contribution in [-0.2, 0) is 0 Å². The van der Waals surface area contributed by atoms with E-state index in [1.54, 1.807) is 12.1 Å². The van der Waals surface area contributed by atoms with Gasteiger partial charge in [-0.2, -0.15) is 0 Å². The van der Waals surface area contributed by atoms with Crippen molar-refractivity contribution in [2.75, 3.05) is 23.4 Å². The van der Waals surface area contributed by atoms with Gasteiger partial charge in [0.05, 0.1) is 18.0 Å². The maximum Gasteiger partial charge on any atom is 0.0632 e. The van der Waals surface area contributed by atoms with E-state index in [2.05, 4.69) is 19.2 Å². The van der Waals surface area contributed by atoms with Gasteiger partial charge >= 0.3 is 0 Å². The highest BCUT2D eigenvalue weighted by Crippen LogP contribution is 2.21. The summed E-state index contributed by atoms with van der Waals surface area (Å²) in [6.45, 7) is 4.37. The minimum Gasteiger partial charge on any atom is -0.397 e. The Morgan fingerprint density at radius 3 is 2.44 bits per heavy atom. The molecule has 0 radical (unpaired) electrons. The van der Waals surface area contributed by atoms with Crippen molar-refractivity contribution in [1.29, 1.82) is 0 Å². The maximum absolute atomic E-state index is 9.24. The van der Waals surface area contributed by atoms with Gasteiger partial charge in [0.15, 0.2) is 0 Å². The van der Waals surface area contributed by atoms with E-state index in [9.17, 15) is 5.11 Å². The van der Waals surface area contributed by atoms with Gasteiger partial charge in [0.2, 0.25) is 0 Å². The summed E-state index contributed by atoms with van der Waals surface area (Å²) in [7, 11) is 0. The average Bonchev–Trinajstić information content (AvgIpc) is 2.22. The minimum absolute atomic E-state index is 0.0584. The highest BCUT2D eigenvalue weighted by Gasteiger charge is 2.09. The Balaban J connectivity index is 2.66. The molecule has 1 aromatic rings. The summed E-state index contributed by atoms with van der Waals surface area (Å²) in [6, 6.07) is 5.48. The molecule has 16 heavy (non-hydrogen) atoms. The van der Waals surface area contributed by atoms with Crippen molar-refractivity contribution < 1.29 is 5.11 Å². The lowest BCUT2D eigenvalue weighted by Crippen LogP contribution is -2.25. The van der Waals surface area contributed by atoms with E-state index in [1.165, 1.54) is 0 Å². The summed E-state index contributed by atoms with van der Waals surface area (Å²) in [5, 5.41) is 12.5. The van der Waals surface area contributed by atoms with Crippen LogP contribution in [0.3, 0.4) is 0 Å². The molecule has 0 aliphatic heterocycles.